The highest BCUT2D eigenvalue weighted by Gasteiger charge is 2.30. The molecule has 0 saturated carbocycles. The molecule has 0 radical (unpaired) electrons. The number of carbonyl (C=O) groups is 1. The number of nitrogens with one attached hydrogen (secondary N) is 1. The second-order valence-corrected chi connectivity index (χ2v) is 8.08. The van der Waals surface area contributed by atoms with E-state index in [9.17, 15) is 15.2 Å². The first-order chi connectivity index (χ1) is 15.3. The zero-order chi connectivity index (χ0) is 23.0. The van der Waals surface area contributed by atoms with Crippen molar-refractivity contribution < 1.29 is 14.6 Å². The predicted molar refractivity (Wildman–Crippen MR) is 120 cm³/mol. The van der Waals surface area contributed by atoms with Gasteiger partial charge in [0.1, 0.15) is 11.2 Å². The molecular formula is C22H21ClN6O3. The van der Waals surface area contributed by atoms with E-state index in [-0.39, 0.29) is 28.7 Å². The summed E-state index contributed by atoms with van der Waals surface area (Å²) in [5, 5.41) is 22.4. The van der Waals surface area contributed by atoms with Gasteiger partial charge < -0.3 is 20.1 Å². The van der Waals surface area contributed by atoms with E-state index in [0.29, 0.717) is 35.6 Å². The fraction of sp³-hybridized carbons (Fsp3) is 0.318. The summed E-state index contributed by atoms with van der Waals surface area (Å²) in [7, 11) is 1.66. The van der Waals surface area contributed by atoms with Crippen LogP contribution in [-0.4, -0.2) is 52.3 Å². The monoisotopic (exact) mass is 452 g/mol. The maximum absolute atomic E-state index is 11.6. The Balaban J connectivity index is 1.77. The van der Waals surface area contributed by atoms with E-state index >= 15 is 0 Å². The van der Waals surface area contributed by atoms with Crippen LogP contribution in [0.15, 0.2) is 24.3 Å². The standard InChI is InChI=1S/C22H21ClN6O3/c1-11-6-14(12(2)25-15-4-5-18(23)27-20(15)22(30)31)19-16(7-11)26-17(8-24)21(28-19)29-9-13(10-29)32-3/h4-7,12-13,25H,9-10H2,1-3H3,(H,30,31)/t12-/m1/s1. The van der Waals surface area contributed by atoms with Gasteiger partial charge in [-0.25, -0.2) is 19.7 Å². The Kier molecular flexibility index (Phi) is 5.82. The number of aryl methyl sites for hydroxylation is 1. The number of nitriles is 1. The number of carboxylic acids is 1. The molecule has 0 bridgehead atoms. The van der Waals surface area contributed by atoms with E-state index in [1.165, 1.54) is 6.07 Å². The Morgan fingerprint density at radius 1 is 1.34 bits per heavy atom. The molecule has 1 saturated heterocycles. The zero-order valence-electron chi connectivity index (χ0n) is 17.8. The molecule has 10 heteroatoms. The van der Waals surface area contributed by atoms with Crippen LogP contribution in [0.2, 0.25) is 5.15 Å². The van der Waals surface area contributed by atoms with Gasteiger partial charge >= 0.3 is 5.97 Å². The van der Waals surface area contributed by atoms with Crippen LogP contribution in [0.3, 0.4) is 0 Å². The van der Waals surface area contributed by atoms with E-state index in [1.807, 2.05) is 30.9 Å². The first-order valence-electron chi connectivity index (χ1n) is 9.97. The number of aromatic nitrogens is 3. The first-order valence-corrected chi connectivity index (χ1v) is 10.3. The lowest BCUT2D eigenvalue weighted by molar-refractivity contribution is 0.0691. The summed E-state index contributed by atoms with van der Waals surface area (Å²) in [5.41, 5.74) is 3.47. The van der Waals surface area contributed by atoms with E-state index in [2.05, 4.69) is 21.4 Å². The zero-order valence-corrected chi connectivity index (χ0v) is 18.5. The van der Waals surface area contributed by atoms with Crippen LogP contribution in [-0.2, 0) is 4.74 Å². The van der Waals surface area contributed by atoms with Gasteiger partial charge in [0.15, 0.2) is 17.2 Å². The molecule has 0 amide bonds. The van der Waals surface area contributed by atoms with Gasteiger partial charge in [-0.3, -0.25) is 0 Å². The van der Waals surface area contributed by atoms with Crippen LogP contribution in [0.4, 0.5) is 11.5 Å². The quantitative estimate of drug-likeness (QED) is 0.540. The van der Waals surface area contributed by atoms with Crippen molar-refractivity contribution in [1.82, 2.24) is 15.0 Å². The molecule has 164 valence electrons. The number of methoxy groups -OCH3 is 1. The van der Waals surface area contributed by atoms with Gasteiger partial charge in [-0.15, -0.1) is 0 Å². The number of carboxylic acid groups (broad SMARTS) is 1. The molecule has 1 aromatic carbocycles. The van der Waals surface area contributed by atoms with E-state index < -0.39 is 5.97 Å². The molecular weight excluding hydrogens is 432 g/mol. The van der Waals surface area contributed by atoms with Gasteiger partial charge in [0.25, 0.3) is 0 Å². The van der Waals surface area contributed by atoms with Crippen molar-refractivity contribution in [3.8, 4) is 6.07 Å². The molecule has 0 spiro atoms. The molecule has 32 heavy (non-hydrogen) atoms. The van der Waals surface area contributed by atoms with Crippen molar-refractivity contribution in [1.29, 1.82) is 5.26 Å². The lowest BCUT2D eigenvalue weighted by atomic mass is 10.0. The number of halogens is 1. The minimum Gasteiger partial charge on any atom is -0.476 e. The van der Waals surface area contributed by atoms with Gasteiger partial charge in [0.2, 0.25) is 0 Å². The van der Waals surface area contributed by atoms with E-state index in [4.69, 9.17) is 21.3 Å². The summed E-state index contributed by atoms with van der Waals surface area (Å²) >= 11 is 5.87. The Hall–Kier alpha value is -3.48. The number of hydrogen-bond donors (Lipinski definition) is 2. The van der Waals surface area contributed by atoms with Gasteiger partial charge in [-0.2, -0.15) is 5.26 Å². The SMILES string of the molecule is COC1CN(c2nc3c([C@@H](C)Nc4ccc(Cl)nc4C(=O)O)cc(C)cc3nc2C#N)C1. The molecule has 1 atom stereocenters. The molecule has 3 heterocycles. The van der Waals surface area contributed by atoms with Gasteiger partial charge in [-0.05, 0) is 37.6 Å². The topological polar surface area (TPSA) is 124 Å². The Morgan fingerprint density at radius 3 is 2.75 bits per heavy atom. The third-order valence-corrected chi connectivity index (χ3v) is 5.63. The first kappa shape index (κ1) is 21.7. The molecule has 2 aromatic heterocycles. The molecule has 9 nitrogen and oxygen atoms in total. The Bertz CT molecular complexity index is 1250. The van der Waals surface area contributed by atoms with Gasteiger partial charge in [0, 0.05) is 25.8 Å². The summed E-state index contributed by atoms with van der Waals surface area (Å²) in [6, 6.07) is 8.79. The molecule has 3 aromatic rings. The van der Waals surface area contributed by atoms with Crippen LogP contribution in [0.5, 0.6) is 0 Å². The minimum atomic E-state index is -1.18. The van der Waals surface area contributed by atoms with Crippen molar-refractivity contribution in [3.63, 3.8) is 0 Å². The summed E-state index contributed by atoms with van der Waals surface area (Å²) in [4.78, 5) is 26.9. The maximum Gasteiger partial charge on any atom is 0.356 e. The highest BCUT2D eigenvalue weighted by molar-refractivity contribution is 6.29. The lowest BCUT2D eigenvalue weighted by Gasteiger charge is -2.39. The number of fused-ring (bicyclic) bond motifs is 1. The molecule has 1 aliphatic rings. The van der Waals surface area contributed by atoms with Gasteiger partial charge in [-0.1, -0.05) is 17.7 Å². The number of nitrogens with zero attached hydrogens (tertiary/aromatic N) is 5. The number of rotatable bonds is 6. The molecule has 1 fully saturated rings. The highest BCUT2D eigenvalue weighted by atomic mass is 35.5. The summed E-state index contributed by atoms with van der Waals surface area (Å²) in [5.74, 6) is -0.660. The molecule has 0 unspecified atom stereocenters. The van der Waals surface area contributed by atoms with Crippen LogP contribution < -0.4 is 10.2 Å². The van der Waals surface area contributed by atoms with Crippen molar-refractivity contribution in [2.45, 2.75) is 26.0 Å². The number of hydrogen-bond acceptors (Lipinski definition) is 8. The number of aromatic carboxylic acids is 1. The molecule has 4 rings (SSSR count). The second kappa shape index (κ2) is 8.57. The number of ether oxygens (including phenoxy) is 1. The maximum atomic E-state index is 11.6. The lowest BCUT2D eigenvalue weighted by Crippen LogP contribution is -2.52. The normalized spacial score (nSPS) is 14.7. The van der Waals surface area contributed by atoms with Gasteiger partial charge in [0.05, 0.1) is 28.9 Å². The smallest absolute Gasteiger partial charge is 0.356 e. The third-order valence-electron chi connectivity index (χ3n) is 5.41. The van der Waals surface area contributed by atoms with Crippen molar-refractivity contribution in [3.05, 3.63) is 51.9 Å². The molecule has 1 aliphatic heterocycles. The average molecular weight is 453 g/mol. The third kappa shape index (κ3) is 4.02. The summed E-state index contributed by atoms with van der Waals surface area (Å²) in [6.45, 7) is 5.11. The highest BCUT2D eigenvalue weighted by Crippen LogP contribution is 2.31. The summed E-state index contributed by atoms with van der Waals surface area (Å²) < 4.78 is 5.34. The summed E-state index contributed by atoms with van der Waals surface area (Å²) in [6.07, 6.45) is 0.101. The van der Waals surface area contributed by atoms with Crippen molar-refractivity contribution in [2.24, 2.45) is 0 Å². The largest absolute Gasteiger partial charge is 0.476 e. The fourth-order valence-electron chi connectivity index (χ4n) is 3.74. The van der Waals surface area contributed by atoms with Crippen LogP contribution >= 0.6 is 11.6 Å². The number of benzene rings is 1. The van der Waals surface area contributed by atoms with Crippen LogP contribution in [0, 0.1) is 18.3 Å². The van der Waals surface area contributed by atoms with Crippen molar-refractivity contribution >= 4 is 40.1 Å². The fourth-order valence-corrected chi connectivity index (χ4v) is 3.88. The van der Waals surface area contributed by atoms with E-state index in [0.717, 1.165) is 11.1 Å². The Morgan fingerprint density at radius 2 is 2.09 bits per heavy atom. The van der Waals surface area contributed by atoms with Crippen LogP contribution in [0.1, 0.15) is 40.3 Å². The number of anilines is 2. The van der Waals surface area contributed by atoms with E-state index in [1.54, 1.807) is 13.2 Å². The Labute approximate surface area is 189 Å². The predicted octanol–water partition coefficient (Wildman–Crippen LogP) is 3.56. The second-order valence-electron chi connectivity index (χ2n) is 7.69. The minimum absolute atomic E-state index is 0.101. The van der Waals surface area contributed by atoms with Crippen LogP contribution in [0.25, 0.3) is 11.0 Å². The molecule has 2 N–H and O–H groups in total. The van der Waals surface area contributed by atoms with Crippen molar-refractivity contribution in [2.75, 3.05) is 30.4 Å². The average Bonchev–Trinajstić information content (AvgIpc) is 2.73. The molecule has 0 aliphatic carbocycles. The number of pyridine rings is 1.